The summed E-state index contributed by atoms with van der Waals surface area (Å²) in [7, 11) is -1.51. The van der Waals surface area contributed by atoms with E-state index in [9.17, 15) is 13.2 Å². The largest absolute Gasteiger partial charge is 0.416 e. The highest BCUT2D eigenvalue weighted by molar-refractivity contribution is 6.83. The van der Waals surface area contributed by atoms with Crippen molar-refractivity contribution in [1.82, 2.24) is 9.38 Å². The zero-order chi connectivity index (χ0) is 18.2. The van der Waals surface area contributed by atoms with Crippen LogP contribution in [0.5, 0.6) is 0 Å². The Balaban J connectivity index is 2.02. The van der Waals surface area contributed by atoms with Crippen LogP contribution in [0.3, 0.4) is 0 Å². The molecule has 0 fully saturated rings. The summed E-state index contributed by atoms with van der Waals surface area (Å²) in [6.07, 6.45) is -0.745. The molecule has 3 rings (SSSR count). The van der Waals surface area contributed by atoms with Crippen LogP contribution in [0.4, 0.5) is 13.2 Å². The lowest BCUT2D eigenvalue weighted by molar-refractivity contribution is -0.137. The summed E-state index contributed by atoms with van der Waals surface area (Å²) in [6, 6.07) is 8.84. The molecule has 0 unspecified atom stereocenters. The van der Waals surface area contributed by atoms with Crippen LogP contribution in [0.2, 0.25) is 19.6 Å². The van der Waals surface area contributed by atoms with Crippen molar-refractivity contribution in [2.75, 3.05) is 0 Å². The number of rotatable bonds is 1. The predicted octanol–water partition coefficient (Wildman–Crippen LogP) is 5.25. The fourth-order valence-electron chi connectivity index (χ4n) is 2.35. The normalized spacial score (nSPS) is 12.1. The number of hydrogen-bond donors (Lipinski definition) is 0. The van der Waals surface area contributed by atoms with Gasteiger partial charge in [0.05, 0.1) is 11.8 Å². The Morgan fingerprint density at radius 1 is 0.960 bits per heavy atom. The van der Waals surface area contributed by atoms with Gasteiger partial charge in [-0.05, 0) is 35.4 Å². The molecule has 2 nitrogen and oxygen atoms in total. The minimum Gasteiger partial charge on any atom is -0.292 e. The molecule has 0 radical (unpaired) electrons. The lowest BCUT2D eigenvalue weighted by Crippen LogP contribution is -2.16. The van der Waals surface area contributed by atoms with E-state index in [-0.39, 0.29) is 0 Å². The van der Waals surface area contributed by atoms with Gasteiger partial charge in [0.25, 0.3) is 0 Å². The maximum atomic E-state index is 12.7. The zero-order valence-electron chi connectivity index (χ0n) is 14.1. The van der Waals surface area contributed by atoms with Gasteiger partial charge in [-0.25, -0.2) is 4.98 Å². The minimum atomic E-state index is -4.33. The molecule has 128 valence electrons. The molecule has 2 aromatic heterocycles. The number of benzene rings is 1. The van der Waals surface area contributed by atoms with Gasteiger partial charge in [-0.2, -0.15) is 13.2 Å². The molecule has 0 atom stereocenters. The van der Waals surface area contributed by atoms with Crippen molar-refractivity contribution < 1.29 is 13.2 Å². The second kappa shape index (κ2) is 6.08. The third kappa shape index (κ3) is 3.94. The number of hydrogen-bond acceptors (Lipinski definition) is 1. The average Bonchev–Trinajstić information content (AvgIpc) is 2.94. The molecule has 0 aliphatic rings. The van der Waals surface area contributed by atoms with Crippen LogP contribution in [0.25, 0.3) is 16.8 Å². The number of imidazole rings is 1. The van der Waals surface area contributed by atoms with E-state index >= 15 is 0 Å². The third-order valence-electron chi connectivity index (χ3n) is 3.62. The smallest absolute Gasteiger partial charge is 0.292 e. The SMILES string of the molecule is C[Si](C)(C)C#Cc1cnc2ccc(-c3ccc(C(F)(F)F)cc3)cn12. The predicted molar refractivity (Wildman–Crippen MR) is 95.9 cm³/mol. The zero-order valence-corrected chi connectivity index (χ0v) is 15.1. The van der Waals surface area contributed by atoms with Crippen molar-refractivity contribution in [1.29, 1.82) is 0 Å². The van der Waals surface area contributed by atoms with E-state index in [1.54, 1.807) is 6.20 Å². The summed E-state index contributed by atoms with van der Waals surface area (Å²) in [5, 5.41) is 0. The Morgan fingerprint density at radius 2 is 1.60 bits per heavy atom. The van der Waals surface area contributed by atoms with Gasteiger partial charge in [0.2, 0.25) is 0 Å². The fourth-order valence-corrected chi connectivity index (χ4v) is 2.85. The Hall–Kier alpha value is -2.52. The first kappa shape index (κ1) is 17.3. The molecule has 1 aromatic carbocycles. The van der Waals surface area contributed by atoms with Gasteiger partial charge in [0, 0.05) is 6.20 Å². The molecule has 3 aromatic rings. The quantitative estimate of drug-likeness (QED) is 0.429. The molecule has 0 aliphatic carbocycles. The molecule has 6 heteroatoms. The summed E-state index contributed by atoms with van der Waals surface area (Å²) >= 11 is 0. The van der Waals surface area contributed by atoms with Crippen molar-refractivity contribution in [3.05, 3.63) is 60.0 Å². The molecule has 0 saturated carbocycles. The highest BCUT2D eigenvalue weighted by atomic mass is 28.3. The van der Waals surface area contributed by atoms with Crippen LogP contribution in [0, 0.1) is 11.5 Å². The first-order valence-corrected chi connectivity index (χ1v) is 11.3. The van der Waals surface area contributed by atoms with Crippen molar-refractivity contribution in [3.63, 3.8) is 0 Å². The van der Waals surface area contributed by atoms with Gasteiger partial charge in [-0.1, -0.05) is 37.7 Å². The summed E-state index contributed by atoms with van der Waals surface area (Å²) in [5.41, 5.74) is 5.73. The van der Waals surface area contributed by atoms with E-state index in [1.165, 1.54) is 12.1 Å². The standard InChI is InChI=1S/C19H17F3N2Si/c1-25(2,3)11-10-17-12-23-18-9-6-15(13-24(17)18)14-4-7-16(8-5-14)19(20,21)22/h4-9,12-13H,1-3H3. The molecular weight excluding hydrogens is 341 g/mol. The number of aromatic nitrogens is 2. The highest BCUT2D eigenvalue weighted by Crippen LogP contribution is 2.31. The maximum absolute atomic E-state index is 12.7. The van der Waals surface area contributed by atoms with Crippen LogP contribution >= 0.6 is 0 Å². The van der Waals surface area contributed by atoms with E-state index in [0.717, 1.165) is 29.0 Å². The molecule has 0 amide bonds. The molecule has 2 heterocycles. The van der Waals surface area contributed by atoms with E-state index < -0.39 is 19.8 Å². The van der Waals surface area contributed by atoms with Crippen molar-refractivity contribution in [2.24, 2.45) is 0 Å². The maximum Gasteiger partial charge on any atom is 0.416 e. The van der Waals surface area contributed by atoms with Crippen molar-refractivity contribution in [3.8, 4) is 22.6 Å². The molecule has 0 spiro atoms. The van der Waals surface area contributed by atoms with Gasteiger partial charge >= 0.3 is 6.18 Å². The van der Waals surface area contributed by atoms with Gasteiger partial charge in [-0.3, -0.25) is 4.40 Å². The molecule has 25 heavy (non-hydrogen) atoms. The van der Waals surface area contributed by atoms with Crippen LogP contribution < -0.4 is 0 Å². The third-order valence-corrected chi connectivity index (χ3v) is 4.49. The first-order chi connectivity index (χ1) is 11.6. The molecular formula is C19H17F3N2Si. The second-order valence-electron chi connectivity index (χ2n) is 6.86. The Morgan fingerprint density at radius 3 is 2.20 bits per heavy atom. The van der Waals surface area contributed by atoms with Crippen molar-refractivity contribution in [2.45, 2.75) is 25.8 Å². The molecule has 0 N–H and O–H groups in total. The molecule has 0 saturated heterocycles. The van der Waals surface area contributed by atoms with E-state index in [4.69, 9.17) is 0 Å². The lowest BCUT2D eigenvalue weighted by atomic mass is 10.1. The van der Waals surface area contributed by atoms with Gasteiger partial charge in [-0.15, -0.1) is 5.54 Å². The van der Waals surface area contributed by atoms with Crippen LogP contribution in [0.15, 0.2) is 48.8 Å². The van der Waals surface area contributed by atoms with E-state index in [1.807, 2.05) is 22.7 Å². The highest BCUT2D eigenvalue weighted by Gasteiger charge is 2.29. The number of pyridine rings is 1. The van der Waals surface area contributed by atoms with Gasteiger partial charge in [0.1, 0.15) is 19.4 Å². The van der Waals surface area contributed by atoms with Gasteiger partial charge < -0.3 is 0 Å². The summed E-state index contributed by atoms with van der Waals surface area (Å²) in [5.74, 6) is 3.18. The minimum absolute atomic E-state index is 0.651. The van der Waals surface area contributed by atoms with Crippen LogP contribution in [-0.2, 0) is 6.18 Å². The lowest BCUT2D eigenvalue weighted by Gasteiger charge is -2.08. The fraction of sp³-hybridized carbons (Fsp3) is 0.211. The van der Waals surface area contributed by atoms with Gasteiger partial charge in [0.15, 0.2) is 0 Å². The van der Waals surface area contributed by atoms with Crippen molar-refractivity contribution >= 4 is 13.7 Å². The van der Waals surface area contributed by atoms with Crippen LogP contribution in [0.1, 0.15) is 11.3 Å². The molecule has 0 aliphatic heterocycles. The Kier molecular flexibility index (Phi) is 4.21. The summed E-state index contributed by atoms with van der Waals surface area (Å²) in [6.45, 7) is 6.49. The van der Waals surface area contributed by atoms with E-state index in [0.29, 0.717) is 5.56 Å². The number of fused-ring (bicyclic) bond motifs is 1. The average molecular weight is 358 g/mol. The topological polar surface area (TPSA) is 17.3 Å². The second-order valence-corrected chi connectivity index (χ2v) is 11.6. The summed E-state index contributed by atoms with van der Waals surface area (Å²) < 4.78 is 40.0. The monoisotopic (exact) mass is 358 g/mol. The van der Waals surface area contributed by atoms with E-state index in [2.05, 4.69) is 36.1 Å². The Bertz CT molecular complexity index is 968. The molecule has 0 bridgehead atoms. The number of nitrogens with zero attached hydrogens (tertiary/aromatic N) is 2. The first-order valence-electron chi connectivity index (χ1n) is 7.81. The summed E-state index contributed by atoms with van der Waals surface area (Å²) in [4.78, 5) is 4.33. The van der Waals surface area contributed by atoms with Crippen LogP contribution in [-0.4, -0.2) is 17.5 Å². The number of halogens is 3. The number of alkyl halides is 3. The Labute approximate surface area is 145 Å².